The van der Waals surface area contributed by atoms with Crippen molar-refractivity contribution in [2.45, 2.75) is 26.2 Å². The predicted octanol–water partition coefficient (Wildman–Crippen LogP) is 1.59. The van der Waals surface area contributed by atoms with Gasteiger partial charge in [-0.05, 0) is 43.7 Å². The number of aliphatic hydroxyl groups is 1. The van der Waals surface area contributed by atoms with Crippen LogP contribution in [0.25, 0.3) is 0 Å². The molecule has 0 unspecified atom stereocenters. The molecule has 1 aliphatic rings. The molecule has 1 amide bonds. The molecule has 1 saturated carbocycles. The maximum atomic E-state index is 12.0. The molecule has 0 heterocycles. The van der Waals surface area contributed by atoms with Crippen molar-refractivity contribution in [2.75, 3.05) is 13.2 Å². The van der Waals surface area contributed by atoms with Crippen LogP contribution in [-0.4, -0.2) is 29.3 Å². The zero-order chi connectivity index (χ0) is 13.2. The first-order valence-corrected chi connectivity index (χ1v) is 6.25. The summed E-state index contributed by atoms with van der Waals surface area (Å²) in [6.45, 7) is 2.61. The highest BCUT2D eigenvalue weighted by atomic mass is 16.3. The Bertz CT molecular complexity index is 452. The lowest BCUT2D eigenvalue weighted by molar-refractivity contribution is 0.0938. The number of aromatic hydroxyl groups is 1. The molecule has 4 nitrogen and oxygen atoms in total. The van der Waals surface area contributed by atoms with Gasteiger partial charge in [-0.15, -0.1) is 0 Å². The third kappa shape index (κ3) is 2.82. The summed E-state index contributed by atoms with van der Waals surface area (Å²) >= 11 is 0. The maximum Gasteiger partial charge on any atom is 0.255 e. The SMILES string of the molecule is Cc1ccc(O)c(C(=O)NCC2(CCO)CC2)c1. The Morgan fingerprint density at radius 1 is 1.44 bits per heavy atom. The zero-order valence-electron chi connectivity index (χ0n) is 10.6. The lowest BCUT2D eigenvalue weighted by Crippen LogP contribution is -2.30. The van der Waals surface area contributed by atoms with Crippen molar-refractivity contribution in [3.8, 4) is 5.75 Å². The summed E-state index contributed by atoms with van der Waals surface area (Å²) in [5.41, 5.74) is 1.34. The van der Waals surface area contributed by atoms with Crippen molar-refractivity contribution in [1.29, 1.82) is 0 Å². The number of aryl methyl sites for hydroxylation is 1. The van der Waals surface area contributed by atoms with Crippen molar-refractivity contribution in [3.63, 3.8) is 0 Å². The molecule has 0 aliphatic heterocycles. The van der Waals surface area contributed by atoms with Crippen LogP contribution in [0.1, 0.15) is 35.2 Å². The Hall–Kier alpha value is -1.55. The first kappa shape index (κ1) is 12.9. The van der Waals surface area contributed by atoms with Gasteiger partial charge in [-0.25, -0.2) is 0 Å². The van der Waals surface area contributed by atoms with Gasteiger partial charge in [0.15, 0.2) is 0 Å². The van der Waals surface area contributed by atoms with Gasteiger partial charge < -0.3 is 15.5 Å². The molecule has 0 saturated heterocycles. The monoisotopic (exact) mass is 249 g/mol. The van der Waals surface area contributed by atoms with E-state index in [0.29, 0.717) is 12.1 Å². The number of hydrogen-bond donors (Lipinski definition) is 3. The maximum absolute atomic E-state index is 12.0. The summed E-state index contributed by atoms with van der Waals surface area (Å²) < 4.78 is 0. The number of hydrogen-bond acceptors (Lipinski definition) is 3. The van der Waals surface area contributed by atoms with Gasteiger partial charge in [-0.2, -0.15) is 0 Å². The quantitative estimate of drug-likeness (QED) is 0.742. The van der Waals surface area contributed by atoms with Crippen LogP contribution >= 0.6 is 0 Å². The molecular formula is C14H19NO3. The first-order chi connectivity index (χ1) is 8.56. The lowest BCUT2D eigenvalue weighted by Gasteiger charge is -2.15. The molecule has 0 atom stereocenters. The fourth-order valence-corrected chi connectivity index (χ4v) is 2.12. The number of aliphatic hydroxyl groups excluding tert-OH is 1. The summed E-state index contributed by atoms with van der Waals surface area (Å²) in [5.74, 6) is -0.245. The Balaban J connectivity index is 1.98. The topological polar surface area (TPSA) is 69.6 Å². The molecule has 0 bridgehead atoms. The van der Waals surface area contributed by atoms with E-state index in [2.05, 4.69) is 5.32 Å². The molecule has 98 valence electrons. The largest absolute Gasteiger partial charge is 0.507 e. The van der Waals surface area contributed by atoms with Gasteiger partial charge in [0, 0.05) is 13.2 Å². The number of benzene rings is 1. The van der Waals surface area contributed by atoms with Crippen molar-refractivity contribution < 1.29 is 15.0 Å². The van der Waals surface area contributed by atoms with Crippen LogP contribution < -0.4 is 5.32 Å². The minimum atomic E-state index is -0.250. The van der Waals surface area contributed by atoms with Crippen LogP contribution in [0.4, 0.5) is 0 Å². The third-order valence-corrected chi connectivity index (χ3v) is 3.62. The number of phenols is 1. The smallest absolute Gasteiger partial charge is 0.255 e. The molecule has 4 heteroatoms. The highest BCUT2D eigenvalue weighted by molar-refractivity contribution is 5.97. The van der Waals surface area contributed by atoms with Gasteiger partial charge >= 0.3 is 0 Å². The molecule has 0 aromatic heterocycles. The minimum Gasteiger partial charge on any atom is -0.507 e. The van der Waals surface area contributed by atoms with Crippen LogP contribution in [-0.2, 0) is 0 Å². The third-order valence-electron chi connectivity index (χ3n) is 3.62. The van der Waals surface area contributed by atoms with Gasteiger partial charge in [0.05, 0.1) is 5.56 Å². The molecule has 1 aromatic rings. The fourth-order valence-electron chi connectivity index (χ4n) is 2.12. The average Bonchev–Trinajstić information content (AvgIpc) is 3.10. The van der Waals surface area contributed by atoms with Gasteiger partial charge in [-0.1, -0.05) is 11.6 Å². The Labute approximate surface area is 107 Å². The Morgan fingerprint density at radius 3 is 2.78 bits per heavy atom. The van der Waals surface area contributed by atoms with Crippen LogP contribution in [0.2, 0.25) is 0 Å². The molecule has 0 spiro atoms. The van der Waals surface area contributed by atoms with Crippen molar-refractivity contribution in [1.82, 2.24) is 5.32 Å². The predicted molar refractivity (Wildman–Crippen MR) is 68.5 cm³/mol. The summed E-state index contributed by atoms with van der Waals surface area (Å²) in [6.07, 6.45) is 2.83. The standard InChI is InChI=1S/C14H19NO3/c1-10-2-3-12(17)11(8-10)13(18)15-9-14(4-5-14)6-7-16/h2-3,8,16-17H,4-7,9H2,1H3,(H,15,18). The summed E-state index contributed by atoms with van der Waals surface area (Å²) in [7, 11) is 0. The molecule has 0 radical (unpaired) electrons. The van der Waals surface area contributed by atoms with Crippen molar-refractivity contribution >= 4 is 5.91 Å². The molecule has 3 N–H and O–H groups in total. The zero-order valence-corrected chi connectivity index (χ0v) is 10.6. The fraction of sp³-hybridized carbons (Fsp3) is 0.500. The van der Waals surface area contributed by atoms with E-state index < -0.39 is 0 Å². The molecular weight excluding hydrogens is 230 g/mol. The average molecular weight is 249 g/mol. The number of nitrogens with one attached hydrogen (secondary N) is 1. The molecule has 1 aromatic carbocycles. The summed E-state index contributed by atoms with van der Waals surface area (Å²) in [6, 6.07) is 4.97. The van der Waals surface area contributed by atoms with Crippen molar-refractivity contribution in [3.05, 3.63) is 29.3 Å². The van der Waals surface area contributed by atoms with Crippen LogP contribution in [0, 0.1) is 12.3 Å². The van der Waals surface area contributed by atoms with E-state index >= 15 is 0 Å². The van der Waals surface area contributed by atoms with Gasteiger partial charge in [0.25, 0.3) is 5.91 Å². The summed E-state index contributed by atoms with van der Waals surface area (Å²) in [4.78, 5) is 12.0. The highest BCUT2D eigenvalue weighted by Crippen LogP contribution is 2.47. The number of carbonyl (C=O) groups excluding carboxylic acids is 1. The van der Waals surface area contributed by atoms with Crippen LogP contribution in [0.15, 0.2) is 18.2 Å². The van der Waals surface area contributed by atoms with Crippen molar-refractivity contribution in [2.24, 2.45) is 5.41 Å². The number of phenolic OH excluding ortho intramolecular Hbond substituents is 1. The second kappa shape index (κ2) is 4.98. The number of carbonyl (C=O) groups is 1. The minimum absolute atomic E-state index is 0.00473. The second-order valence-corrected chi connectivity index (χ2v) is 5.18. The number of rotatable bonds is 5. The van der Waals surface area contributed by atoms with E-state index in [4.69, 9.17) is 5.11 Å². The van der Waals surface area contributed by atoms with Gasteiger partial charge in [0.1, 0.15) is 5.75 Å². The van der Waals surface area contributed by atoms with E-state index in [1.54, 1.807) is 12.1 Å². The number of amides is 1. The van der Waals surface area contributed by atoms with Crippen LogP contribution in [0.5, 0.6) is 5.75 Å². The Kier molecular flexibility index (Phi) is 3.57. The molecule has 18 heavy (non-hydrogen) atoms. The van der Waals surface area contributed by atoms with E-state index in [9.17, 15) is 9.90 Å². The second-order valence-electron chi connectivity index (χ2n) is 5.18. The molecule has 1 fully saturated rings. The molecule has 1 aliphatic carbocycles. The van der Waals surface area contributed by atoms with Gasteiger partial charge in [0.2, 0.25) is 0 Å². The molecule has 2 rings (SSSR count). The van der Waals surface area contributed by atoms with E-state index in [1.807, 2.05) is 6.92 Å². The lowest BCUT2D eigenvalue weighted by atomic mass is 10.0. The van der Waals surface area contributed by atoms with E-state index in [0.717, 1.165) is 24.8 Å². The van der Waals surface area contributed by atoms with Crippen LogP contribution in [0.3, 0.4) is 0 Å². The summed E-state index contributed by atoms with van der Waals surface area (Å²) in [5, 5.41) is 21.4. The van der Waals surface area contributed by atoms with E-state index in [1.165, 1.54) is 6.07 Å². The highest BCUT2D eigenvalue weighted by Gasteiger charge is 2.41. The normalized spacial score (nSPS) is 16.3. The van der Waals surface area contributed by atoms with E-state index in [-0.39, 0.29) is 23.7 Å². The first-order valence-electron chi connectivity index (χ1n) is 6.25. The van der Waals surface area contributed by atoms with Gasteiger partial charge in [-0.3, -0.25) is 4.79 Å². The Morgan fingerprint density at radius 2 is 2.17 bits per heavy atom.